The average molecular weight is 486 g/mol. The summed E-state index contributed by atoms with van der Waals surface area (Å²) in [5.41, 5.74) is 2.72. The van der Waals surface area contributed by atoms with Crippen molar-refractivity contribution in [1.82, 2.24) is 10.2 Å². The molecular weight excluding hydrogens is 450 g/mol. The van der Waals surface area contributed by atoms with E-state index in [0.29, 0.717) is 25.3 Å². The standard InChI is InChI=1S/C30H35N3O3/c34-29(31-18-21-32-19-8-3-9-20-32)22-25-14-16-27(17-15-25)33(23-26-10-4-1-5-11-26)30(35)24-36-28-12-6-2-7-13-28/h1-2,4-7,10-17H,3,8-9,18-24H2,(H,31,34). The number of nitrogens with zero attached hydrogens (tertiary/aromatic N) is 2. The molecule has 0 saturated carbocycles. The smallest absolute Gasteiger partial charge is 0.265 e. The van der Waals surface area contributed by atoms with Crippen molar-refractivity contribution in [1.29, 1.82) is 0 Å². The number of carbonyl (C=O) groups is 2. The fourth-order valence-corrected chi connectivity index (χ4v) is 4.41. The van der Waals surface area contributed by atoms with Gasteiger partial charge in [0.2, 0.25) is 5.91 Å². The van der Waals surface area contributed by atoms with Crippen molar-refractivity contribution in [3.63, 3.8) is 0 Å². The van der Waals surface area contributed by atoms with Crippen molar-refractivity contribution in [3.05, 3.63) is 96.1 Å². The van der Waals surface area contributed by atoms with E-state index in [0.717, 1.165) is 36.4 Å². The van der Waals surface area contributed by atoms with Gasteiger partial charge in [-0.25, -0.2) is 0 Å². The van der Waals surface area contributed by atoms with Crippen molar-refractivity contribution in [2.24, 2.45) is 0 Å². The van der Waals surface area contributed by atoms with Crippen LogP contribution in [-0.2, 0) is 22.6 Å². The Balaban J connectivity index is 1.35. The lowest BCUT2D eigenvalue weighted by Gasteiger charge is -2.26. The lowest BCUT2D eigenvalue weighted by Crippen LogP contribution is -2.38. The van der Waals surface area contributed by atoms with Crippen LogP contribution >= 0.6 is 0 Å². The van der Waals surface area contributed by atoms with E-state index in [1.165, 1.54) is 19.3 Å². The molecule has 0 atom stereocenters. The molecule has 188 valence electrons. The predicted molar refractivity (Wildman–Crippen MR) is 143 cm³/mol. The molecule has 1 fully saturated rings. The summed E-state index contributed by atoms with van der Waals surface area (Å²) in [5, 5.41) is 3.04. The molecule has 0 aromatic heterocycles. The Kier molecular flexibility index (Phi) is 9.51. The molecule has 0 aliphatic carbocycles. The highest BCUT2D eigenvalue weighted by Gasteiger charge is 2.18. The number of rotatable bonds is 11. The predicted octanol–water partition coefficient (Wildman–Crippen LogP) is 4.44. The highest BCUT2D eigenvalue weighted by molar-refractivity contribution is 5.94. The van der Waals surface area contributed by atoms with E-state index in [1.807, 2.05) is 84.9 Å². The van der Waals surface area contributed by atoms with Crippen LogP contribution in [0.15, 0.2) is 84.9 Å². The van der Waals surface area contributed by atoms with E-state index in [2.05, 4.69) is 10.2 Å². The number of para-hydroxylation sites is 1. The third-order valence-corrected chi connectivity index (χ3v) is 6.40. The van der Waals surface area contributed by atoms with Gasteiger partial charge in [0.15, 0.2) is 6.61 Å². The summed E-state index contributed by atoms with van der Waals surface area (Å²) in [4.78, 5) is 29.7. The van der Waals surface area contributed by atoms with Crippen molar-refractivity contribution >= 4 is 17.5 Å². The van der Waals surface area contributed by atoms with Crippen molar-refractivity contribution in [2.45, 2.75) is 32.2 Å². The average Bonchev–Trinajstić information content (AvgIpc) is 2.93. The first-order chi connectivity index (χ1) is 17.7. The Bertz CT molecular complexity index is 1080. The number of amides is 2. The van der Waals surface area contributed by atoms with Crippen LogP contribution in [0.1, 0.15) is 30.4 Å². The number of likely N-dealkylation sites (tertiary alicyclic amines) is 1. The van der Waals surface area contributed by atoms with Crippen molar-refractivity contribution in [2.75, 3.05) is 37.7 Å². The van der Waals surface area contributed by atoms with Crippen LogP contribution in [-0.4, -0.2) is 49.5 Å². The Hall–Kier alpha value is -3.64. The fourth-order valence-electron chi connectivity index (χ4n) is 4.41. The van der Waals surface area contributed by atoms with E-state index in [9.17, 15) is 9.59 Å². The van der Waals surface area contributed by atoms with Crippen LogP contribution in [0.5, 0.6) is 5.75 Å². The zero-order valence-corrected chi connectivity index (χ0v) is 20.8. The SMILES string of the molecule is O=C(Cc1ccc(N(Cc2ccccc2)C(=O)COc2ccccc2)cc1)NCCN1CCCCC1. The zero-order chi connectivity index (χ0) is 25.0. The van der Waals surface area contributed by atoms with Gasteiger partial charge in [0, 0.05) is 18.8 Å². The van der Waals surface area contributed by atoms with Gasteiger partial charge in [-0.05, 0) is 61.3 Å². The first-order valence-corrected chi connectivity index (χ1v) is 12.8. The molecule has 6 nitrogen and oxygen atoms in total. The maximum absolute atomic E-state index is 13.2. The second kappa shape index (κ2) is 13.4. The summed E-state index contributed by atoms with van der Waals surface area (Å²) in [5.74, 6) is 0.548. The number of hydrogen-bond acceptors (Lipinski definition) is 4. The number of anilines is 1. The van der Waals surface area contributed by atoms with Gasteiger partial charge in [-0.1, -0.05) is 67.1 Å². The van der Waals surface area contributed by atoms with Gasteiger partial charge >= 0.3 is 0 Å². The second-order valence-electron chi connectivity index (χ2n) is 9.16. The van der Waals surface area contributed by atoms with Gasteiger partial charge in [0.25, 0.3) is 5.91 Å². The highest BCUT2D eigenvalue weighted by Crippen LogP contribution is 2.20. The molecule has 1 heterocycles. The van der Waals surface area contributed by atoms with Gasteiger partial charge < -0.3 is 19.9 Å². The highest BCUT2D eigenvalue weighted by atomic mass is 16.5. The Labute approximate surface area is 213 Å². The monoisotopic (exact) mass is 485 g/mol. The van der Waals surface area contributed by atoms with E-state index in [-0.39, 0.29) is 18.4 Å². The van der Waals surface area contributed by atoms with Gasteiger partial charge in [-0.15, -0.1) is 0 Å². The summed E-state index contributed by atoms with van der Waals surface area (Å²) in [7, 11) is 0. The molecule has 6 heteroatoms. The molecule has 1 saturated heterocycles. The minimum atomic E-state index is -0.133. The molecule has 1 N–H and O–H groups in total. The number of nitrogens with one attached hydrogen (secondary N) is 1. The van der Waals surface area contributed by atoms with Crippen LogP contribution < -0.4 is 15.0 Å². The molecule has 1 aliphatic rings. The van der Waals surface area contributed by atoms with Gasteiger partial charge in [0.05, 0.1) is 13.0 Å². The number of ether oxygens (including phenoxy) is 1. The normalized spacial score (nSPS) is 13.7. The van der Waals surface area contributed by atoms with Crippen molar-refractivity contribution < 1.29 is 14.3 Å². The lowest BCUT2D eigenvalue weighted by molar-refractivity contribution is -0.121. The maximum atomic E-state index is 13.2. The molecular formula is C30H35N3O3. The second-order valence-corrected chi connectivity index (χ2v) is 9.16. The minimum Gasteiger partial charge on any atom is -0.484 e. The van der Waals surface area contributed by atoms with Crippen LogP contribution in [0.4, 0.5) is 5.69 Å². The summed E-state index contributed by atoms with van der Waals surface area (Å²) in [6, 6.07) is 26.9. The summed E-state index contributed by atoms with van der Waals surface area (Å²) >= 11 is 0. The van der Waals surface area contributed by atoms with Gasteiger partial charge in [-0.2, -0.15) is 0 Å². The topological polar surface area (TPSA) is 61.9 Å². The number of benzene rings is 3. The van der Waals surface area contributed by atoms with Crippen molar-refractivity contribution in [3.8, 4) is 5.75 Å². The lowest BCUT2D eigenvalue weighted by atomic mass is 10.1. The summed E-state index contributed by atoms with van der Waals surface area (Å²) in [6.45, 7) is 4.23. The van der Waals surface area contributed by atoms with Gasteiger partial charge in [-0.3, -0.25) is 9.59 Å². The quantitative estimate of drug-likeness (QED) is 0.436. The number of piperidine rings is 1. The number of hydrogen-bond donors (Lipinski definition) is 1. The Morgan fingerprint density at radius 1 is 0.806 bits per heavy atom. The Morgan fingerprint density at radius 2 is 1.47 bits per heavy atom. The molecule has 2 amide bonds. The summed E-state index contributed by atoms with van der Waals surface area (Å²) in [6.07, 6.45) is 4.14. The van der Waals surface area contributed by atoms with Crippen LogP contribution in [0, 0.1) is 0 Å². The Morgan fingerprint density at radius 3 is 2.17 bits per heavy atom. The molecule has 0 spiro atoms. The molecule has 3 aromatic carbocycles. The molecule has 36 heavy (non-hydrogen) atoms. The van der Waals surface area contributed by atoms with E-state index >= 15 is 0 Å². The first-order valence-electron chi connectivity index (χ1n) is 12.8. The molecule has 0 radical (unpaired) electrons. The van der Waals surface area contributed by atoms with Gasteiger partial charge in [0.1, 0.15) is 5.75 Å². The maximum Gasteiger partial charge on any atom is 0.265 e. The molecule has 3 aromatic rings. The van der Waals surface area contributed by atoms with Crippen LogP contribution in [0.2, 0.25) is 0 Å². The van der Waals surface area contributed by atoms with E-state index < -0.39 is 0 Å². The third-order valence-electron chi connectivity index (χ3n) is 6.40. The number of carbonyl (C=O) groups excluding carboxylic acids is 2. The van der Waals surface area contributed by atoms with E-state index in [4.69, 9.17) is 4.74 Å². The van der Waals surface area contributed by atoms with Crippen LogP contribution in [0.3, 0.4) is 0 Å². The fraction of sp³-hybridized carbons (Fsp3) is 0.333. The molecule has 1 aliphatic heterocycles. The minimum absolute atomic E-state index is 0.0215. The molecule has 0 bridgehead atoms. The zero-order valence-electron chi connectivity index (χ0n) is 20.8. The largest absolute Gasteiger partial charge is 0.484 e. The molecule has 4 rings (SSSR count). The summed E-state index contributed by atoms with van der Waals surface area (Å²) < 4.78 is 5.72. The molecule has 0 unspecified atom stereocenters. The van der Waals surface area contributed by atoms with E-state index in [1.54, 1.807) is 4.90 Å². The first kappa shape index (κ1) is 25.5. The van der Waals surface area contributed by atoms with Crippen LogP contribution in [0.25, 0.3) is 0 Å². The third kappa shape index (κ3) is 7.95.